The van der Waals surface area contributed by atoms with Gasteiger partial charge in [0, 0.05) is 18.7 Å². The van der Waals surface area contributed by atoms with Gasteiger partial charge in [0.25, 0.3) is 0 Å². The monoisotopic (exact) mass is 260 g/mol. The Bertz CT molecular complexity index is 507. The molecule has 102 valence electrons. The van der Waals surface area contributed by atoms with E-state index < -0.39 is 0 Å². The molecule has 1 aromatic carbocycles. The molecule has 2 unspecified atom stereocenters. The van der Waals surface area contributed by atoms with Gasteiger partial charge in [0.05, 0.1) is 12.1 Å². The second-order valence-electron chi connectivity index (χ2n) is 5.50. The molecule has 0 spiro atoms. The molecule has 1 saturated heterocycles. The SMILES string of the molecule is Cc1cc(C(N)C2CCCO2)cc2c1NC(=O)CC2. The molecule has 0 aromatic heterocycles. The van der Waals surface area contributed by atoms with Crippen molar-refractivity contribution < 1.29 is 9.53 Å². The van der Waals surface area contributed by atoms with Gasteiger partial charge in [-0.05, 0) is 42.9 Å². The molecule has 3 N–H and O–H groups in total. The van der Waals surface area contributed by atoms with Crippen LogP contribution in [0.3, 0.4) is 0 Å². The van der Waals surface area contributed by atoms with Crippen molar-refractivity contribution in [1.29, 1.82) is 0 Å². The van der Waals surface area contributed by atoms with Gasteiger partial charge >= 0.3 is 0 Å². The van der Waals surface area contributed by atoms with Gasteiger partial charge < -0.3 is 15.8 Å². The van der Waals surface area contributed by atoms with Crippen LogP contribution in [0.15, 0.2) is 12.1 Å². The number of hydrogen-bond acceptors (Lipinski definition) is 3. The highest BCUT2D eigenvalue weighted by Crippen LogP contribution is 2.32. The lowest BCUT2D eigenvalue weighted by Crippen LogP contribution is -2.27. The number of ether oxygens (including phenoxy) is 1. The van der Waals surface area contributed by atoms with E-state index in [4.69, 9.17) is 10.5 Å². The van der Waals surface area contributed by atoms with Crippen LogP contribution in [0, 0.1) is 6.92 Å². The van der Waals surface area contributed by atoms with Crippen LogP contribution in [-0.2, 0) is 16.0 Å². The Labute approximate surface area is 113 Å². The number of rotatable bonds is 2. The van der Waals surface area contributed by atoms with Crippen molar-refractivity contribution in [3.8, 4) is 0 Å². The topological polar surface area (TPSA) is 64.3 Å². The van der Waals surface area contributed by atoms with Crippen LogP contribution < -0.4 is 11.1 Å². The van der Waals surface area contributed by atoms with E-state index in [0.717, 1.165) is 42.7 Å². The van der Waals surface area contributed by atoms with Crippen LogP contribution in [0.5, 0.6) is 0 Å². The third-order valence-corrected chi connectivity index (χ3v) is 4.08. The largest absolute Gasteiger partial charge is 0.376 e. The molecule has 4 heteroatoms. The average molecular weight is 260 g/mol. The van der Waals surface area contributed by atoms with Crippen molar-refractivity contribution in [2.45, 2.75) is 44.8 Å². The molecule has 0 aliphatic carbocycles. The number of aryl methyl sites for hydroxylation is 2. The van der Waals surface area contributed by atoms with Gasteiger partial charge in [-0.2, -0.15) is 0 Å². The van der Waals surface area contributed by atoms with Crippen LogP contribution in [0.1, 0.15) is 42.0 Å². The highest BCUT2D eigenvalue weighted by Gasteiger charge is 2.26. The lowest BCUT2D eigenvalue weighted by atomic mass is 9.92. The van der Waals surface area contributed by atoms with Gasteiger partial charge in [0.1, 0.15) is 0 Å². The third kappa shape index (κ3) is 2.38. The molecule has 1 aromatic rings. The second kappa shape index (κ2) is 4.94. The summed E-state index contributed by atoms with van der Waals surface area (Å²) < 4.78 is 5.68. The van der Waals surface area contributed by atoms with E-state index in [1.54, 1.807) is 0 Å². The van der Waals surface area contributed by atoms with Gasteiger partial charge in [-0.3, -0.25) is 4.79 Å². The zero-order chi connectivity index (χ0) is 13.4. The van der Waals surface area contributed by atoms with Crippen LogP contribution in [0.4, 0.5) is 5.69 Å². The molecule has 1 fully saturated rings. The van der Waals surface area contributed by atoms with Gasteiger partial charge in [0.15, 0.2) is 0 Å². The number of carbonyl (C=O) groups excluding carboxylic acids is 1. The van der Waals surface area contributed by atoms with E-state index in [-0.39, 0.29) is 18.1 Å². The predicted octanol–water partition coefficient (Wildman–Crippen LogP) is 2.06. The van der Waals surface area contributed by atoms with Crippen LogP contribution in [0.25, 0.3) is 0 Å². The fourth-order valence-electron chi connectivity index (χ4n) is 3.01. The Morgan fingerprint density at radius 1 is 1.42 bits per heavy atom. The summed E-state index contributed by atoms with van der Waals surface area (Å²) in [6, 6.07) is 4.15. The lowest BCUT2D eigenvalue weighted by molar-refractivity contribution is -0.116. The Hall–Kier alpha value is -1.39. The molecule has 2 atom stereocenters. The van der Waals surface area contributed by atoms with E-state index in [0.29, 0.717) is 6.42 Å². The molecule has 0 bridgehead atoms. The molecule has 3 rings (SSSR count). The third-order valence-electron chi connectivity index (χ3n) is 4.08. The number of carbonyl (C=O) groups is 1. The van der Waals surface area contributed by atoms with Gasteiger partial charge in [-0.1, -0.05) is 12.1 Å². The standard InChI is InChI=1S/C15H20N2O2/c1-9-7-11(14(16)12-3-2-6-19-12)8-10-4-5-13(18)17-15(9)10/h7-8,12,14H,2-6,16H2,1H3,(H,17,18). The molecule has 4 nitrogen and oxygen atoms in total. The molecule has 1 amide bonds. The molecule has 2 aliphatic heterocycles. The first-order valence-electron chi connectivity index (χ1n) is 6.95. The zero-order valence-corrected chi connectivity index (χ0v) is 11.2. The normalized spacial score (nSPS) is 23.9. The summed E-state index contributed by atoms with van der Waals surface area (Å²) in [4.78, 5) is 11.5. The number of benzene rings is 1. The molecule has 0 saturated carbocycles. The molecule has 2 aliphatic rings. The van der Waals surface area contributed by atoms with Gasteiger partial charge in [0.2, 0.25) is 5.91 Å². The number of nitrogens with one attached hydrogen (secondary N) is 1. The summed E-state index contributed by atoms with van der Waals surface area (Å²) in [6.07, 6.45) is 3.63. The molecular weight excluding hydrogens is 240 g/mol. The number of amides is 1. The van der Waals surface area contributed by atoms with Crippen LogP contribution in [0.2, 0.25) is 0 Å². The van der Waals surface area contributed by atoms with E-state index in [2.05, 4.69) is 17.4 Å². The molecule has 2 heterocycles. The first kappa shape index (κ1) is 12.6. The second-order valence-corrected chi connectivity index (χ2v) is 5.50. The fourth-order valence-corrected chi connectivity index (χ4v) is 3.01. The smallest absolute Gasteiger partial charge is 0.224 e. The first-order chi connectivity index (χ1) is 9.15. The zero-order valence-electron chi connectivity index (χ0n) is 11.2. The van der Waals surface area contributed by atoms with Crippen molar-refractivity contribution in [3.05, 3.63) is 28.8 Å². The van der Waals surface area contributed by atoms with Gasteiger partial charge in [-0.15, -0.1) is 0 Å². The summed E-state index contributed by atoms with van der Waals surface area (Å²) in [5.41, 5.74) is 10.7. The lowest BCUT2D eigenvalue weighted by Gasteiger charge is -2.24. The van der Waals surface area contributed by atoms with Crippen LogP contribution in [-0.4, -0.2) is 18.6 Å². The minimum atomic E-state index is -0.0656. The Balaban J connectivity index is 1.91. The molecule has 19 heavy (non-hydrogen) atoms. The van der Waals surface area contributed by atoms with Gasteiger partial charge in [-0.25, -0.2) is 0 Å². The first-order valence-corrected chi connectivity index (χ1v) is 6.95. The quantitative estimate of drug-likeness (QED) is 0.855. The highest BCUT2D eigenvalue weighted by molar-refractivity contribution is 5.94. The van der Waals surface area contributed by atoms with E-state index >= 15 is 0 Å². The van der Waals surface area contributed by atoms with Crippen molar-refractivity contribution in [1.82, 2.24) is 0 Å². The van der Waals surface area contributed by atoms with Crippen LogP contribution >= 0.6 is 0 Å². The number of hydrogen-bond donors (Lipinski definition) is 2. The molecule has 0 radical (unpaired) electrons. The Morgan fingerprint density at radius 2 is 2.26 bits per heavy atom. The minimum absolute atomic E-state index is 0.0656. The summed E-state index contributed by atoms with van der Waals surface area (Å²) >= 11 is 0. The van der Waals surface area contributed by atoms with E-state index in [1.807, 2.05) is 6.92 Å². The molecular formula is C15H20N2O2. The maximum Gasteiger partial charge on any atom is 0.224 e. The maximum absolute atomic E-state index is 11.5. The van der Waals surface area contributed by atoms with Crippen molar-refractivity contribution >= 4 is 11.6 Å². The summed E-state index contributed by atoms with van der Waals surface area (Å²) in [5, 5.41) is 2.95. The average Bonchev–Trinajstić information content (AvgIpc) is 2.92. The van der Waals surface area contributed by atoms with Crippen molar-refractivity contribution in [2.75, 3.05) is 11.9 Å². The summed E-state index contributed by atoms with van der Waals surface area (Å²) in [5.74, 6) is 0.103. The number of anilines is 1. The van der Waals surface area contributed by atoms with E-state index in [1.165, 1.54) is 5.56 Å². The van der Waals surface area contributed by atoms with E-state index in [9.17, 15) is 4.79 Å². The predicted molar refractivity (Wildman–Crippen MR) is 74.0 cm³/mol. The minimum Gasteiger partial charge on any atom is -0.376 e. The fraction of sp³-hybridized carbons (Fsp3) is 0.533. The van der Waals surface area contributed by atoms with Crippen molar-refractivity contribution in [3.63, 3.8) is 0 Å². The summed E-state index contributed by atoms with van der Waals surface area (Å²) in [7, 11) is 0. The Kier molecular flexibility index (Phi) is 3.29. The van der Waals surface area contributed by atoms with Crippen molar-refractivity contribution in [2.24, 2.45) is 5.73 Å². The summed E-state index contributed by atoms with van der Waals surface area (Å²) in [6.45, 7) is 2.84. The number of nitrogens with two attached hydrogens (primary N) is 1. The highest BCUT2D eigenvalue weighted by atomic mass is 16.5. The number of fused-ring (bicyclic) bond motifs is 1. The maximum atomic E-state index is 11.5. The Morgan fingerprint density at radius 3 is 3.00 bits per heavy atom.